The highest BCUT2D eigenvalue weighted by molar-refractivity contribution is 14.0. The zero-order chi connectivity index (χ0) is 20.5. The highest BCUT2D eigenvalue weighted by Gasteiger charge is 2.10. The summed E-state index contributed by atoms with van der Waals surface area (Å²) < 4.78 is 5.25. The average molecular weight is 514 g/mol. The number of hydrogen-bond acceptors (Lipinski definition) is 5. The number of carbonyl (C=O) groups is 1. The number of aliphatic imine (C=N–C) groups is 1. The number of aromatic nitrogens is 2. The summed E-state index contributed by atoms with van der Waals surface area (Å²) in [5, 5.41) is 10.5. The molecule has 2 aromatic rings. The molecule has 0 saturated heterocycles. The maximum absolute atomic E-state index is 11.9. The van der Waals surface area contributed by atoms with E-state index < -0.39 is 0 Å². The van der Waals surface area contributed by atoms with Gasteiger partial charge in [-0.15, -0.1) is 24.0 Å². The van der Waals surface area contributed by atoms with Gasteiger partial charge in [-0.25, -0.2) is 4.99 Å². The van der Waals surface area contributed by atoms with Crippen LogP contribution in [0.3, 0.4) is 0 Å². The summed E-state index contributed by atoms with van der Waals surface area (Å²) in [6.45, 7) is 8.01. The van der Waals surface area contributed by atoms with Crippen LogP contribution in [0.4, 0.5) is 0 Å². The first-order valence-electron chi connectivity index (χ1n) is 9.56. The van der Waals surface area contributed by atoms with Crippen LogP contribution in [0, 0.1) is 0 Å². The number of benzene rings is 1. The maximum atomic E-state index is 11.9. The predicted molar refractivity (Wildman–Crippen MR) is 125 cm³/mol. The van der Waals surface area contributed by atoms with Gasteiger partial charge in [0, 0.05) is 45.1 Å². The molecule has 0 aliphatic carbocycles. The van der Waals surface area contributed by atoms with Gasteiger partial charge >= 0.3 is 0 Å². The molecule has 0 bridgehead atoms. The second kappa shape index (κ2) is 12.4. The number of nitrogens with zero attached hydrogens (tertiary/aromatic N) is 4. The Balaban J connectivity index is 0.00000420. The number of guanidine groups is 1. The van der Waals surface area contributed by atoms with Gasteiger partial charge in [0.05, 0.1) is 6.54 Å². The molecule has 0 unspecified atom stereocenters. The van der Waals surface area contributed by atoms with E-state index in [1.165, 1.54) is 0 Å². The summed E-state index contributed by atoms with van der Waals surface area (Å²) in [5.41, 5.74) is 1.70. The van der Waals surface area contributed by atoms with Crippen LogP contribution in [0.5, 0.6) is 0 Å². The van der Waals surface area contributed by atoms with Crippen molar-refractivity contribution in [1.82, 2.24) is 25.7 Å². The Hall–Kier alpha value is -2.17. The second-order valence-electron chi connectivity index (χ2n) is 6.97. The van der Waals surface area contributed by atoms with Crippen molar-refractivity contribution in [2.45, 2.75) is 39.7 Å². The van der Waals surface area contributed by atoms with Crippen molar-refractivity contribution >= 4 is 35.8 Å². The van der Waals surface area contributed by atoms with E-state index in [9.17, 15) is 4.79 Å². The Bertz CT molecular complexity index is 787. The number of rotatable bonds is 8. The predicted octanol–water partition coefficient (Wildman–Crippen LogP) is 2.81. The third kappa shape index (κ3) is 8.00. The summed E-state index contributed by atoms with van der Waals surface area (Å²) in [4.78, 5) is 22.5. The minimum absolute atomic E-state index is 0. The normalized spacial score (nSPS) is 11.2. The van der Waals surface area contributed by atoms with E-state index >= 15 is 0 Å². The van der Waals surface area contributed by atoms with Gasteiger partial charge < -0.3 is 20.1 Å². The molecule has 0 fully saturated rings. The molecular formula is C20H31IN6O2. The van der Waals surface area contributed by atoms with Crippen LogP contribution in [-0.2, 0) is 13.0 Å². The van der Waals surface area contributed by atoms with Crippen LogP contribution < -0.4 is 10.6 Å². The van der Waals surface area contributed by atoms with Gasteiger partial charge in [-0.1, -0.05) is 31.1 Å². The Labute approximate surface area is 189 Å². The van der Waals surface area contributed by atoms with E-state index in [2.05, 4.69) is 25.8 Å². The fraction of sp³-hybridized carbons (Fsp3) is 0.500. The number of nitrogens with one attached hydrogen (secondary N) is 2. The zero-order valence-electron chi connectivity index (χ0n) is 17.7. The molecule has 29 heavy (non-hydrogen) atoms. The third-order valence-electron chi connectivity index (χ3n) is 4.00. The molecule has 8 nitrogen and oxygen atoms in total. The van der Waals surface area contributed by atoms with Gasteiger partial charge in [0.2, 0.25) is 5.89 Å². The van der Waals surface area contributed by atoms with E-state index in [1.807, 2.05) is 45.0 Å². The number of amides is 1. The van der Waals surface area contributed by atoms with E-state index in [1.54, 1.807) is 19.0 Å². The molecular weight excluding hydrogens is 483 g/mol. The summed E-state index contributed by atoms with van der Waals surface area (Å²) in [5.74, 6) is 2.31. The molecule has 9 heteroatoms. The van der Waals surface area contributed by atoms with Crippen molar-refractivity contribution in [3.8, 4) is 0 Å². The molecule has 0 aliphatic rings. The molecule has 160 valence electrons. The zero-order valence-corrected chi connectivity index (χ0v) is 20.1. The van der Waals surface area contributed by atoms with Crippen molar-refractivity contribution in [1.29, 1.82) is 0 Å². The van der Waals surface area contributed by atoms with Gasteiger partial charge in [-0.2, -0.15) is 4.98 Å². The minimum Gasteiger partial charge on any atom is -0.357 e. The minimum atomic E-state index is -0.00768. The van der Waals surface area contributed by atoms with Crippen LogP contribution in [0.25, 0.3) is 0 Å². The monoisotopic (exact) mass is 514 g/mol. The van der Waals surface area contributed by atoms with Crippen molar-refractivity contribution in [2.75, 3.05) is 27.2 Å². The molecule has 0 radical (unpaired) electrons. The highest BCUT2D eigenvalue weighted by atomic mass is 127. The standard InChI is InChI=1S/C20H30N6O2.HI/c1-6-21-20(22-12-11-17-24-18(14(2)3)25-28-17)23-13-15-7-9-16(10-8-15)19(27)26(4)5;/h7-10,14H,6,11-13H2,1-5H3,(H2,21,22,23);1H. The summed E-state index contributed by atoms with van der Waals surface area (Å²) >= 11 is 0. The van der Waals surface area contributed by atoms with Crippen LogP contribution >= 0.6 is 24.0 Å². The fourth-order valence-electron chi connectivity index (χ4n) is 2.41. The van der Waals surface area contributed by atoms with Crippen molar-refractivity contribution in [3.05, 3.63) is 47.1 Å². The highest BCUT2D eigenvalue weighted by Crippen LogP contribution is 2.10. The number of carbonyl (C=O) groups excluding carboxylic acids is 1. The molecule has 0 saturated carbocycles. The largest absolute Gasteiger partial charge is 0.357 e. The van der Waals surface area contributed by atoms with Crippen LogP contribution in [-0.4, -0.2) is 54.1 Å². The van der Waals surface area contributed by atoms with Gasteiger partial charge in [0.25, 0.3) is 5.91 Å². The first kappa shape index (κ1) is 24.9. The van der Waals surface area contributed by atoms with Crippen molar-refractivity contribution in [2.24, 2.45) is 4.99 Å². The molecule has 0 atom stereocenters. The molecule has 1 amide bonds. The average Bonchev–Trinajstić information content (AvgIpc) is 3.15. The first-order chi connectivity index (χ1) is 13.4. The lowest BCUT2D eigenvalue weighted by Gasteiger charge is -2.11. The maximum Gasteiger partial charge on any atom is 0.253 e. The van der Waals surface area contributed by atoms with E-state index in [0.717, 1.165) is 23.9 Å². The van der Waals surface area contributed by atoms with Gasteiger partial charge in [-0.05, 0) is 24.6 Å². The van der Waals surface area contributed by atoms with E-state index in [4.69, 9.17) is 4.52 Å². The van der Waals surface area contributed by atoms with Crippen LogP contribution in [0.1, 0.15) is 54.3 Å². The topological polar surface area (TPSA) is 95.7 Å². The summed E-state index contributed by atoms with van der Waals surface area (Å²) in [7, 11) is 3.49. The third-order valence-corrected chi connectivity index (χ3v) is 4.00. The summed E-state index contributed by atoms with van der Waals surface area (Å²) in [6, 6.07) is 7.51. The Morgan fingerprint density at radius 3 is 2.45 bits per heavy atom. The van der Waals surface area contributed by atoms with Crippen molar-refractivity contribution in [3.63, 3.8) is 0 Å². The van der Waals surface area contributed by atoms with E-state index in [0.29, 0.717) is 31.0 Å². The molecule has 2 rings (SSSR count). The van der Waals surface area contributed by atoms with Crippen LogP contribution in [0.15, 0.2) is 33.8 Å². The van der Waals surface area contributed by atoms with Crippen LogP contribution in [0.2, 0.25) is 0 Å². The van der Waals surface area contributed by atoms with Gasteiger partial charge in [-0.3, -0.25) is 4.79 Å². The first-order valence-corrected chi connectivity index (χ1v) is 9.56. The van der Waals surface area contributed by atoms with Gasteiger partial charge in [0.15, 0.2) is 11.8 Å². The fourth-order valence-corrected chi connectivity index (χ4v) is 2.41. The van der Waals surface area contributed by atoms with Gasteiger partial charge in [0.1, 0.15) is 0 Å². The molecule has 0 spiro atoms. The smallest absolute Gasteiger partial charge is 0.253 e. The quantitative estimate of drug-likeness (QED) is 0.320. The molecule has 1 aromatic carbocycles. The number of halogens is 1. The molecule has 1 heterocycles. The molecule has 0 aliphatic heterocycles. The lowest BCUT2D eigenvalue weighted by atomic mass is 10.1. The van der Waals surface area contributed by atoms with E-state index in [-0.39, 0.29) is 35.8 Å². The SMILES string of the molecule is CCNC(=NCc1ccc(C(=O)N(C)C)cc1)NCCc1nc(C(C)C)no1.I. The Morgan fingerprint density at radius 2 is 1.90 bits per heavy atom. The lowest BCUT2D eigenvalue weighted by Crippen LogP contribution is -2.38. The molecule has 1 aromatic heterocycles. The second-order valence-corrected chi connectivity index (χ2v) is 6.97. The number of hydrogen-bond donors (Lipinski definition) is 2. The summed E-state index contributed by atoms with van der Waals surface area (Å²) in [6.07, 6.45) is 0.630. The van der Waals surface area contributed by atoms with Crippen molar-refractivity contribution < 1.29 is 9.32 Å². The Kier molecular flexibility index (Phi) is 10.6. The molecule has 2 N–H and O–H groups in total. The lowest BCUT2D eigenvalue weighted by molar-refractivity contribution is 0.0827. The Morgan fingerprint density at radius 1 is 1.21 bits per heavy atom.